The van der Waals surface area contributed by atoms with Crippen molar-refractivity contribution >= 4 is 21.9 Å². The maximum absolute atomic E-state index is 10.6. The van der Waals surface area contributed by atoms with Crippen molar-refractivity contribution in [3.05, 3.63) is 22.2 Å². The molecule has 104 valence electrons. The van der Waals surface area contributed by atoms with Gasteiger partial charge in [-0.15, -0.1) is 0 Å². The van der Waals surface area contributed by atoms with E-state index < -0.39 is 5.97 Å². The number of carboxylic acids is 1. The SMILES string of the molecule is COc1cc(CCC(=O)O)cc(Br)c1OCC1CC1. The third-order valence-corrected chi connectivity index (χ3v) is 3.67. The second-order valence-corrected chi connectivity index (χ2v) is 5.61. The summed E-state index contributed by atoms with van der Waals surface area (Å²) < 4.78 is 11.9. The van der Waals surface area contributed by atoms with Crippen LogP contribution in [0.3, 0.4) is 0 Å². The molecule has 0 radical (unpaired) electrons. The number of benzene rings is 1. The first kappa shape index (κ1) is 14.2. The Labute approximate surface area is 120 Å². The molecule has 19 heavy (non-hydrogen) atoms. The van der Waals surface area contributed by atoms with Gasteiger partial charge in [0, 0.05) is 6.42 Å². The van der Waals surface area contributed by atoms with E-state index in [0.29, 0.717) is 30.4 Å². The highest BCUT2D eigenvalue weighted by atomic mass is 79.9. The molecule has 0 aromatic heterocycles. The van der Waals surface area contributed by atoms with Crippen LogP contribution in [-0.2, 0) is 11.2 Å². The Morgan fingerprint density at radius 2 is 2.21 bits per heavy atom. The molecule has 0 amide bonds. The van der Waals surface area contributed by atoms with Gasteiger partial charge in [-0.2, -0.15) is 0 Å². The molecule has 0 atom stereocenters. The summed E-state index contributed by atoms with van der Waals surface area (Å²) in [6.45, 7) is 0.712. The normalized spacial score (nSPS) is 14.2. The lowest BCUT2D eigenvalue weighted by Crippen LogP contribution is -2.03. The molecule has 1 fully saturated rings. The smallest absolute Gasteiger partial charge is 0.303 e. The second kappa shape index (κ2) is 6.28. The average Bonchev–Trinajstić information content (AvgIpc) is 3.18. The zero-order valence-corrected chi connectivity index (χ0v) is 12.4. The van der Waals surface area contributed by atoms with Gasteiger partial charge in [-0.1, -0.05) is 0 Å². The van der Waals surface area contributed by atoms with Gasteiger partial charge in [0.05, 0.1) is 18.2 Å². The molecule has 2 rings (SSSR count). The zero-order valence-electron chi connectivity index (χ0n) is 10.8. The fourth-order valence-electron chi connectivity index (χ4n) is 1.79. The lowest BCUT2D eigenvalue weighted by molar-refractivity contribution is -0.136. The lowest BCUT2D eigenvalue weighted by Gasteiger charge is -2.14. The largest absolute Gasteiger partial charge is 0.493 e. The lowest BCUT2D eigenvalue weighted by atomic mass is 10.1. The summed E-state index contributed by atoms with van der Waals surface area (Å²) in [5.74, 6) is 1.22. The minimum Gasteiger partial charge on any atom is -0.493 e. The van der Waals surface area contributed by atoms with Crippen molar-refractivity contribution < 1.29 is 19.4 Å². The molecule has 1 aliphatic rings. The van der Waals surface area contributed by atoms with Crippen LogP contribution in [-0.4, -0.2) is 24.8 Å². The van der Waals surface area contributed by atoms with Crippen LogP contribution >= 0.6 is 15.9 Å². The first-order valence-corrected chi connectivity index (χ1v) is 7.10. The molecule has 0 unspecified atom stereocenters. The topological polar surface area (TPSA) is 55.8 Å². The molecule has 1 aromatic carbocycles. The zero-order chi connectivity index (χ0) is 13.8. The third kappa shape index (κ3) is 4.13. The van der Waals surface area contributed by atoms with Crippen molar-refractivity contribution in [1.82, 2.24) is 0 Å². The van der Waals surface area contributed by atoms with Crippen LogP contribution in [0, 0.1) is 5.92 Å². The fraction of sp³-hybridized carbons (Fsp3) is 0.500. The van der Waals surface area contributed by atoms with Gasteiger partial charge >= 0.3 is 5.97 Å². The quantitative estimate of drug-likeness (QED) is 0.834. The van der Waals surface area contributed by atoms with Crippen LogP contribution in [0.15, 0.2) is 16.6 Å². The summed E-state index contributed by atoms with van der Waals surface area (Å²) in [7, 11) is 1.59. The van der Waals surface area contributed by atoms with Gasteiger partial charge in [0.25, 0.3) is 0 Å². The van der Waals surface area contributed by atoms with Crippen LogP contribution in [0.4, 0.5) is 0 Å². The number of rotatable bonds is 7. The molecule has 0 bridgehead atoms. The van der Waals surface area contributed by atoms with Crippen molar-refractivity contribution in [2.75, 3.05) is 13.7 Å². The molecule has 4 nitrogen and oxygen atoms in total. The fourth-order valence-corrected chi connectivity index (χ4v) is 2.40. The molecule has 1 saturated carbocycles. The Kier molecular flexibility index (Phi) is 4.69. The van der Waals surface area contributed by atoms with E-state index in [0.717, 1.165) is 10.0 Å². The standard InChI is InChI=1S/C14H17BrO4/c1-18-12-7-10(4-5-13(16)17)6-11(15)14(12)19-8-9-2-3-9/h6-7,9H,2-5,8H2,1H3,(H,16,17). The van der Waals surface area contributed by atoms with E-state index in [1.807, 2.05) is 12.1 Å². The number of ether oxygens (including phenoxy) is 2. The van der Waals surface area contributed by atoms with E-state index in [1.165, 1.54) is 12.8 Å². The predicted octanol–water partition coefficient (Wildman–Crippen LogP) is 3.26. The van der Waals surface area contributed by atoms with Crippen molar-refractivity contribution in [2.24, 2.45) is 5.92 Å². The van der Waals surface area contributed by atoms with Crippen molar-refractivity contribution in [1.29, 1.82) is 0 Å². The monoisotopic (exact) mass is 328 g/mol. The summed E-state index contributed by atoms with van der Waals surface area (Å²) in [5, 5.41) is 8.71. The molecule has 1 aromatic rings. The minimum absolute atomic E-state index is 0.109. The van der Waals surface area contributed by atoms with E-state index in [2.05, 4.69) is 15.9 Å². The van der Waals surface area contributed by atoms with Gasteiger partial charge in [0.1, 0.15) is 0 Å². The Morgan fingerprint density at radius 1 is 1.47 bits per heavy atom. The number of hydrogen-bond donors (Lipinski definition) is 1. The number of hydrogen-bond acceptors (Lipinski definition) is 3. The molecule has 0 spiro atoms. The highest BCUT2D eigenvalue weighted by molar-refractivity contribution is 9.10. The van der Waals surface area contributed by atoms with E-state index in [9.17, 15) is 4.79 Å². The average molecular weight is 329 g/mol. The first-order chi connectivity index (χ1) is 9.10. The summed E-state index contributed by atoms with van der Waals surface area (Å²) in [6.07, 6.45) is 3.05. The number of carboxylic acid groups (broad SMARTS) is 1. The molecule has 0 saturated heterocycles. The predicted molar refractivity (Wildman–Crippen MR) is 74.9 cm³/mol. The summed E-state index contributed by atoms with van der Waals surface area (Å²) >= 11 is 3.46. The van der Waals surface area contributed by atoms with Crippen LogP contribution < -0.4 is 9.47 Å². The molecular weight excluding hydrogens is 312 g/mol. The van der Waals surface area contributed by atoms with E-state index in [4.69, 9.17) is 14.6 Å². The van der Waals surface area contributed by atoms with E-state index in [1.54, 1.807) is 7.11 Å². The molecule has 1 aliphatic carbocycles. The Morgan fingerprint density at radius 3 is 2.79 bits per heavy atom. The van der Waals surface area contributed by atoms with Crippen molar-refractivity contribution in [3.63, 3.8) is 0 Å². The Balaban J connectivity index is 2.11. The number of aliphatic carboxylic acids is 1. The summed E-state index contributed by atoms with van der Waals surface area (Å²) in [4.78, 5) is 10.6. The number of aryl methyl sites for hydroxylation is 1. The third-order valence-electron chi connectivity index (χ3n) is 3.08. The molecular formula is C14H17BrO4. The highest BCUT2D eigenvalue weighted by Crippen LogP contribution is 2.39. The van der Waals surface area contributed by atoms with Crippen LogP contribution in [0.25, 0.3) is 0 Å². The number of halogens is 1. The molecule has 1 N–H and O–H groups in total. The highest BCUT2D eigenvalue weighted by Gasteiger charge is 2.23. The molecule has 5 heteroatoms. The second-order valence-electron chi connectivity index (χ2n) is 4.76. The van der Waals surface area contributed by atoms with E-state index >= 15 is 0 Å². The van der Waals surface area contributed by atoms with Crippen LogP contribution in [0.2, 0.25) is 0 Å². The van der Waals surface area contributed by atoms with Gasteiger partial charge in [-0.05, 0) is 58.8 Å². The maximum Gasteiger partial charge on any atom is 0.303 e. The van der Waals surface area contributed by atoms with Gasteiger partial charge in [-0.3, -0.25) is 4.79 Å². The number of methoxy groups -OCH3 is 1. The molecule has 0 heterocycles. The minimum atomic E-state index is -0.802. The summed E-state index contributed by atoms with van der Waals surface area (Å²) in [5.41, 5.74) is 0.921. The van der Waals surface area contributed by atoms with Gasteiger partial charge in [0.2, 0.25) is 0 Å². The van der Waals surface area contributed by atoms with Crippen LogP contribution in [0.5, 0.6) is 11.5 Å². The molecule has 0 aliphatic heterocycles. The van der Waals surface area contributed by atoms with Crippen molar-refractivity contribution in [2.45, 2.75) is 25.7 Å². The maximum atomic E-state index is 10.6. The van der Waals surface area contributed by atoms with Crippen molar-refractivity contribution in [3.8, 4) is 11.5 Å². The van der Waals surface area contributed by atoms with Crippen LogP contribution in [0.1, 0.15) is 24.8 Å². The number of carbonyl (C=O) groups is 1. The van der Waals surface area contributed by atoms with Gasteiger partial charge in [-0.25, -0.2) is 0 Å². The first-order valence-electron chi connectivity index (χ1n) is 6.31. The Hall–Kier alpha value is -1.23. The van der Waals surface area contributed by atoms with Gasteiger partial charge in [0.15, 0.2) is 11.5 Å². The summed E-state index contributed by atoms with van der Waals surface area (Å²) in [6, 6.07) is 3.74. The van der Waals surface area contributed by atoms with Gasteiger partial charge < -0.3 is 14.6 Å². The Bertz CT molecular complexity index is 469. The van der Waals surface area contributed by atoms with E-state index in [-0.39, 0.29) is 6.42 Å².